The van der Waals surface area contributed by atoms with Crippen LogP contribution < -0.4 is 5.32 Å². The number of amides is 1. The fraction of sp³-hybridized carbons (Fsp3) is 0.267. The lowest BCUT2D eigenvalue weighted by Crippen LogP contribution is -2.26. The van der Waals surface area contributed by atoms with Gasteiger partial charge in [0.15, 0.2) is 0 Å². The maximum Gasteiger partial charge on any atom is 0.220 e. The Morgan fingerprint density at radius 1 is 1.37 bits per heavy atom. The van der Waals surface area contributed by atoms with Crippen LogP contribution >= 0.6 is 0 Å². The smallest absolute Gasteiger partial charge is 0.220 e. The minimum atomic E-state index is -0.276. The van der Waals surface area contributed by atoms with Crippen LogP contribution in [0.1, 0.15) is 30.7 Å². The zero-order chi connectivity index (χ0) is 13.7. The zero-order valence-electron chi connectivity index (χ0n) is 10.7. The van der Waals surface area contributed by atoms with Crippen LogP contribution in [-0.2, 0) is 11.2 Å². The van der Waals surface area contributed by atoms with E-state index in [9.17, 15) is 9.18 Å². The molecule has 2 rings (SSSR count). The Morgan fingerprint density at radius 2 is 2.21 bits per heavy atom. The summed E-state index contributed by atoms with van der Waals surface area (Å²) in [6, 6.07) is 9.74. The van der Waals surface area contributed by atoms with E-state index in [1.807, 2.05) is 19.1 Å². The summed E-state index contributed by atoms with van der Waals surface area (Å²) in [6.45, 7) is 1.86. The van der Waals surface area contributed by atoms with E-state index in [0.717, 1.165) is 11.3 Å². The van der Waals surface area contributed by atoms with Crippen molar-refractivity contribution in [3.8, 4) is 0 Å². The predicted octanol–water partition coefficient (Wildman–Crippen LogP) is 3.23. The van der Waals surface area contributed by atoms with Crippen molar-refractivity contribution in [1.82, 2.24) is 5.32 Å². The molecule has 1 aromatic heterocycles. The Hall–Kier alpha value is -2.10. The van der Waals surface area contributed by atoms with Crippen LogP contribution in [0.4, 0.5) is 4.39 Å². The molecule has 1 atom stereocenters. The van der Waals surface area contributed by atoms with Crippen molar-refractivity contribution >= 4 is 5.91 Å². The van der Waals surface area contributed by atoms with E-state index >= 15 is 0 Å². The minimum Gasteiger partial charge on any atom is -0.467 e. The number of rotatable bonds is 5. The van der Waals surface area contributed by atoms with Crippen molar-refractivity contribution in [2.45, 2.75) is 25.8 Å². The van der Waals surface area contributed by atoms with Gasteiger partial charge in [-0.25, -0.2) is 4.39 Å². The summed E-state index contributed by atoms with van der Waals surface area (Å²) in [7, 11) is 0. The maximum absolute atomic E-state index is 13.0. The third-order valence-electron chi connectivity index (χ3n) is 2.88. The minimum absolute atomic E-state index is 0.0758. The Kier molecular flexibility index (Phi) is 4.34. The van der Waals surface area contributed by atoms with Gasteiger partial charge >= 0.3 is 0 Å². The van der Waals surface area contributed by atoms with Gasteiger partial charge in [0, 0.05) is 6.42 Å². The first kappa shape index (κ1) is 13.3. The second-order valence-corrected chi connectivity index (χ2v) is 4.43. The van der Waals surface area contributed by atoms with Crippen molar-refractivity contribution in [1.29, 1.82) is 0 Å². The topological polar surface area (TPSA) is 42.2 Å². The lowest BCUT2D eigenvalue weighted by Gasteiger charge is -2.11. The van der Waals surface area contributed by atoms with Crippen molar-refractivity contribution in [2.24, 2.45) is 0 Å². The Balaban J connectivity index is 1.82. The van der Waals surface area contributed by atoms with E-state index in [4.69, 9.17) is 4.42 Å². The fourth-order valence-corrected chi connectivity index (χ4v) is 1.87. The number of furan rings is 1. The zero-order valence-corrected chi connectivity index (χ0v) is 10.7. The molecule has 0 spiro atoms. The first-order valence-electron chi connectivity index (χ1n) is 6.22. The number of hydrogen-bond donors (Lipinski definition) is 1. The number of carbonyl (C=O) groups excluding carboxylic acids is 1. The third-order valence-corrected chi connectivity index (χ3v) is 2.88. The van der Waals surface area contributed by atoms with Gasteiger partial charge in [-0.05, 0) is 43.2 Å². The van der Waals surface area contributed by atoms with E-state index in [0.29, 0.717) is 12.8 Å². The van der Waals surface area contributed by atoms with E-state index in [1.54, 1.807) is 18.4 Å². The van der Waals surface area contributed by atoms with Gasteiger partial charge in [0.1, 0.15) is 11.6 Å². The first-order chi connectivity index (χ1) is 9.15. The molecule has 0 bridgehead atoms. The Labute approximate surface area is 111 Å². The number of aryl methyl sites for hydroxylation is 1. The summed E-state index contributed by atoms with van der Waals surface area (Å²) in [5.74, 6) is 0.370. The van der Waals surface area contributed by atoms with E-state index in [1.165, 1.54) is 12.1 Å². The van der Waals surface area contributed by atoms with Crippen LogP contribution in [0, 0.1) is 5.82 Å². The normalized spacial score (nSPS) is 12.1. The quantitative estimate of drug-likeness (QED) is 0.897. The van der Waals surface area contributed by atoms with Crippen LogP contribution in [0.5, 0.6) is 0 Å². The molecule has 0 saturated heterocycles. The van der Waals surface area contributed by atoms with Crippen LogP contribution in [-0.4, -0.2) is 5.91 Å². The fourth-order valence-electron chi connectivity index (χ4n) is 1.87. The van der Waals surface area contributed by atoms with E-state index < -0.39 is 0 Å². The van der Waals surface area contributed by atoms with Crippen molar-refractivity contribution in [2.75, 3.05) is 0 Å². The second kappa shape index (κ2) is 6.18. The highest BCUT2D eigenvalue weighted by Gasteiger charge is 2.11. The highest BCUT2D eigenvalue weighted by molar-refractivity contribution is 5.76. The number of nitrogens with one attached hydrogen (secondary N) is 1. The number of hydrogen-bond acceptors (Lipinski definition) is 2. The lowest BCUT2D eigenvalue weighted by atomic mass is 10.1. The van der Waals surface area contributed by atoms with Gasteiger partial charge in [-0.3, -0.25) is 4.79 Å². The lowest BCUT2D eigenvalue weighted by molar-refractivity contribution is -0.121. The predicted molar refractivity (Wildman–Crippen MR) is 70.0 cm³/mol. The summed E-state index contributed by atoms with van der Waals surface area (Å²) in [4.78, 5) is 11.8. The van der Waals surface area contributed by atoms with Gasteiger partial charge in [0.25, 0.3) is 0 Å². The molecule has 1 unspecified atom stereocenters. The van der Waals surface area contributed by atoms with Crippen LogP contribution in [0.3, 0.4) is 0 Å². The molecule has 0 aliphatic carbocycles. The largest absolute Gasteiger partial charge is 0.467 e. The van der Waals surface area contributed by atoms with Crippen molar-refractivity contribution in [3.63, 3.8) is 0 Å². The van der Waals surface area contributed by atoms with Gasteiger partial charge in [-0.15, -0.1) is 0 Å². The number of benzene rings is 1. The number of halogens is 1. The molecule has 1 heterocycles. The van der Waals surface area contributed by atoms with E-state index in [-0.39, 0.29) is 17.8 Å². The standard InChI is InChI=1S/C15H16FNO2/c1-11(14-6-3-9-19-14)17-15(18)8-7-12-4-2-5-13(16)10-12/h2-6,9-11H,7-8H2,1H3,(H,17,18). The molecule has 19 heavy (non-hydrogen) atoms. The molecule has 0 fully saturated rings. The number of carbonyl (C=O) groups is 1. The maximum atomic E-state index is 13.0. The first-order valence-corrected chi connectivity index (χ1v) is 6.22. The molecule has 2 aromatic rings. The molecule has 100 valence electrons. The molecule has 1 amide bonds. The van der Waals surface area contributed by atoms with Gasteiger partial charge in [0.05, 0.1) is 12.3 Å². The molecule has 0 saturated carbocycles. The average Bonchev–Trinajstić information content (AvgIpc) is 2.90. The van der Waals surface area contributed by atoms with Gasteiger partial charge in [0.2, 0.25) is 5.91 Å². The Morgan fingerprint density at radius 3 is 2.89 bits per heavy atom. The average molecular weight is 261 g/mol. The van der Waals surface area contributed by atoms with Crippen LogP contribution in [0.2, 0.25) is 0 Å². The molecule has 3 nitrogen and oxygen atoms in total. The second-order valence-electron chi connectivity index (χ2n) is 4.43. The highest BCUT2D eigenvalue weighted by atomic mass is 19.1. The van der Waals surface area contributed by atoms with E-state index in [2.05, 4.69) is 5.32 Å². The summed E-state index contributed by atoms with van der Waals surface area (Å²) in [5, 5.41) is 2.84. The molecule has 1 N–H and O–H groups in total. The third kappa shape index (κ3) is 3.95. The summed E-state index contributed by atoms with van der Waals surface area (Å²) >= 11 is 0. The summed E-state index contributed by atoms with van der Waals surface area (Å²) in [6.07, 6.45) is 2.42. The monoisotopic (exact) mass is 261 g/mol. The van der Waals surface area contributed by atoms with Crippen LogP contribution in [0.25, 0.3) is 0 Å². The van der Waals surface area contributed by atoms with Crippen molar-refractivity contribution < 1.29 is 13.6 Å². The van der Waals surface area contributed by atoms with Gasteiger partial charge in [-0.1, -0.05) is 12.1 Å². The molecule has 4 heteroatoms. The highest BCUT2D eigenvalue weighted by Crippen LogP contribution is 2.13. The van der Waals surface area contributed by atoms with Gasteiger partial charge < -0.3 is 9.73 Å². The Bertz CT molecular complexity index is 537. The summed E-state index contributed by atoms with van der Waals surface area (Å²) in [5.41, 5.74) is 0.820. The molecule has 0 radical (unpaired) electrons. The summed E-state index contributed by atoms with van der Waals surface area (Å²) < 4.78 is 18.2. The molecular formula is C15H16FNO2. The molecular weight excluding hydrogens is 245 g/mol. The SMILES string of the molecule is CC(NC(=O)CCc1cccc(F)c1)c1ccco1. The molecule has 1 aromatic carbocycles. The molecule has 0 aliphatic heterocycles. The van der Waals surface area contributed by atoms with Crippen LogP contribution in [0.15, 0.2) is 47.1 Å². The molecule has 0 aliphatic rings. The van der Waals surface area contributed by atoms with Crippen molar-refractivity contribution in [3.05, 3.63) is 59.8 Å². The van der Waals surface area contributed by atoms with Gasteiger partial charge in [-0.2, -0.15) is 0 Å².